The molecule has 0 heterocycles. The standard InChI is InChI=1S/C9H22N2/c1-5-9(3)11(4)7-8(2)6-10/h8-9H,5-7,10H2,1-4H3. The molecule has 2 heteroatoms. The van der Waals surface area contributed by atoms with Gasteiger partial charge in [-0.05, 0) is 32.9 Å². The molecule has 0 bridgehead atoms. The van der Waals surface area contributed by atoms with Gasteiger partial charge in [0.1, 0.15) is 0 Å². The average Bonchev–Trinajstić information content (AvgIpc) is 2.02. The van der Waals surface area contributed by atoms with Crippen molar-refractivity contribution in [3.05, 3.63) is 0 Å². The van der Waals surface area contributed by atoms with E-state index in [0.29, 0.717) is 12.0 Å². The maximum absolute atomic E-state index is 5.54. The highest BCUT2D eigenvalue weighted by Crippen LogP contribution is 2.03. The average molecular weight is 158 g/mol. The lowest BCUT2D eigenvalue weighted by atomic mass is 10.1. The summed E-state index contributed by atoms with van der Waals surface area (Å²) in [5, 5.41) is 0. The van der Waals surface area contributed by atoms with Gasteiger partial charge < -0.3 is 10.6 Å². The van der Waals surface area contributed by atoms with Gasteiger partial charge in [0.25, 0.3) is 0 Å². The van der Waals surface area contributed by atoms with Crippen LogP contribution >= 0.6 is 0 Å². The first kappa shape index (κ1) is 10.9. The Morgan fingerprint density at radius 1 is 1.36 bits per heavy atom. The molecular weight excluding hydrogens is 136 g/mol. The summed E-state index contributed by atoms with van der Waals surface area (Å²) in [5.41, 5.74) is 5.54. The maximum Gasteiger partial charge on any atom is 0.00613 e. The Labute approximate surface area is 70.8 Å². The molecule has 0 radical (unpaired) electrons. The lowest BCUT2D eigenvalue weighted by Crippen LogP contribution is -2.34. The Morgan fingerprint density at radius 2 is 1.91 bits per heavy atom. The van der Waals surface area contributed by atoms with E-state index in [1.807, 2.05) is 0 Å². The van der Waals surface area contributed by atoms with Gasteiger partial charge in [0.05, 0.1) is 0 Å². The largest absolute Gasteiger partial charge is 0.330 e. The van der Waals surface area contributed by atoms with Gasteiger partial charge in [0, 0.05) is 12.6 Å². The van der Waals surface area contributed by atoms with Crippen molar-refractivity contribution in [1.82, 2.24) is 4.90 Å². The molecule has 0 fully saturated rings. The van der Waals surface area contributed by atoms with Gasteiger partial charge in [-0.25, -0.2) is 0 Å². The van der Waals surface area contributed by atoms with Gasteiger partial charge in [-0.1, -0.05) is 13.8 Å². The molecule has 0 spiro atoms. The minimum absolute atomic E-state index is 0.619. The maximum atomic E-state index is 5.54. The quantitative estimate of drug-likeness (QED) is 0.653. The van der Waals surface area contributed by atoms with Crippen molar-refractivity contribution in [2.75, 3.05) is 20.1 Å². The summed E-state index contributed by atoms with van der Waals surface area (Å²) in [6.45, 7) is 8.57. The molecule has 0 rings (SSSR count). The minimum atomic E-state index is 0.619. The first-order chi connectivity index (χ1) is 5.11. The highest BCUT2D eigenvalue weighted by Gasteiger charge is 2.09. The lowest BCUT2D eigenvalue weighted by molar-refractivity contribution is 0.222. The molecule has 0 saturated heterocycles. The van der Waals surface area contributed by atoms with Crippen molar-refractivity contribution in [3.63, 3.8) is 0 Å². The second-order valence-corrected chi connectivity index (χ2v) is 3.54. The van der Waals surface area contributed by atoms with E-state index in [4.69, 9.17) is 5.73 Å². The molecule has 2 unspecified atom stereocenters. The zero-order valence-electron chi connectivity index (χ0n) is 8.30. The van der Waals surface area contributed by atoms with Crippen molar-refractivity contribution < 1.29 is 0 Å². The Bertz CT molecular complexity index is 93.6. The Balaban J connectivity index is 3.58. The van der Waals surface area contributed by atoms with Crippen LogP contribution in [0.5, 0.6) is 0 Å². The number of rotatable bonds is 5. The van der Waals surface area contributed by atoms with E-state index in [1.165, 1.54) is 6.42 Å². The molecule has 2 nitrogen and oxygen atoms in total. The van der Waals surface area contributed by atoms with Gasteiger partial charge >= 0.3 is 0 Å². The van der Waals surface area contributed by atoms with Crippen LogP contribution in [0.3, 0.4) is 0 Å². The van der Waals surface area contributed by atoms with Crippen LogP contribution in [-0.4, -0.2) is 31.1 Å². The molecule has 0 aliphatic rings. The van der Waals surface area contributed by atoms with Crippen molar-refractivity contribution in [1.29, 1.82) is 0 Å². The Hall–Kier alpha value is -0.0800. The van der Waals surface area contributed by atoms with Crippen molar-refractivity contribution >= 4 is 0 Å². The molecule has 0 aromatic heterocycles. The number of nitrogens with zero attached hydrogens (tertiary/aromatic N) is 1. The molecule has 0 saturated carbocycles. The fourth-order valence-corrected chi connectivity index (χ4v) is 1.06. The minimum Gasteiger partial charge on any atom is -0.330 e. The molecule has 2 atom stereocenters. The summed E-state index contributed by atoms with van der Waals surface area (Å²) < 4.78 is 0. The van der Waals surface area contributed by atoms with E-state index < -0.39 is 0 Å². The molecular formula is C9H22N2. The highest BCUT2D eigenvalue weighted by atomic mass is 15.1. The topological polar surface area (TPSA) is 29.3 Å². The molecule has 11 heavy (non-hydrogen) atoms. The second kappa shape index (κ2) is 5.56. The van der Waals surface area contributed by atoms with E-state index in [-0.39, 0.29) is 0 Å². The van der Waals surface area contributed by atoms with Crippen LogP contribution in [0, 0.1) is 5.92 Å². The second-order valence-electron chi connectivity index (χ2n) is 3.54. The summed E-state index contributed by atoms with van der Waals surface area (Å²) in [6.07, 6.45) is 1.22. The number of hydrogen-bond acceptors (Lipinski definition) is 2. The normalized spacial score (nSPS) is 16.9. The third-order valence-electron chi connectivity index (χ3n) is 2.35. The van der Waals surface area contributed by atoms with Gasteiger partial charge in [-0.15, -0.1) is 0 Å². The molecule has 2 N–H and O–H groups in total. The zero-order valence-corrected chi connectivity index (χ0v) is 8.30. The van der Waals surface area contributed by atoms with Crippen LogP contribution < -0.4 is 5.73 Å². The number of hydrogen-bond donors (Lipinski definition) is 1. The zero-order chi connectivity index (χ0) is 8.85. The van der Waals surface area contributed by atoms with Crippen LogP contribution in [0.15, 0.2) is 0 Å². The van der Waals surface area contributed by atoms with E-state index in [9.17, 15) is 0 Å². The van der Waals surface area contributed by atoms with Crippen LogP contribution in [0.1, 0.15) is 27.2 Å². The van der Waals surface area contributed by atoms with E-state index >= 15 is 0 Å². The Kier molecular flexibility index (Phi) is 5.51. The van der Waals surface area contributed by atoms with Crippen molar-refractivity contribution in [2.45, 2.75) is 33.2 Å². The first-order valence-corrected chi connectivity index (χ1v) is 4.52. The molecule has 0 aromatic carbocycles. The van der Waals surface area contributed by atoms with Gasteiger partial charge in [-0.3, -0.25) is 0 Å². The Morgan fingerprint density at radius 3 is 2.27 bits per heavy atom. The monoisotopic (exact) mass is 158 g/mol. The number of nitrogens with two attached hydrogens (primary N) is 1. The lowest BCUT2D eigenvalue weighted by Gasteiger charge is -2.25. The van der Waals surface area contributed by atoms with Crippen LogP contribution in [0.4, 0.5) is 0 Å². The fraction of sp³-hybridized carbons (Fsp3) is 1.00. The van der Waals surface area contributed by atoms with Gasteiger partial charge in [0.2, 0.25) is 0 Å². The smallest absolute Gasteiger partial charge is 0.00613 e. The van der Waals surface area contributed by atoms with E-state index in [2.05, 4.69) is 32.7 Å². The molecule has 68 valence electrons. The SMILES string of the molecule is CCC(C)N(C)CC(C)CN. The highest BCUT2D eigenvalue weighted by molar-refractivity contribution is 4.64. The molecule has 0 aliphatic carbocycles. The van der Waals surface area contributed by atoms with Crippen LogP contribution in [0.25, 0.3) is 0 Å². The van der Waals surface area contributed by atoms with Crippen LogP contribution in [0.2, 0.25) is 0 Å². The summed E-state index contributed by atoms with van der Waals surface area (Å²) in [4.78, 5) is 2.37. The fourth-order valence-electron chi connectivity index (χ4n) is 1.06. The van der Waals surface area contributed by atoms with Gasteiger partial charge in [-0.2, -0.15) is 0 Å². The van der Waals surface area contributed by atoms with E-state index in [1.54, 1.807) is 0 Å². The third-order valence-corrected chi connectivity index (χ3v) is 2.35. The summed E-state index contributed by atoms with van der Waals surface area (Å²) in [6, 6.07) is 0.684. The summed E-state index contributed by atoms with van der Waals surface area (Å²) >= 11 is 0. The molecule has 0 aliphatic heterocycles. The van der Waals surface area contributed by atoms with E-state index in [0.717, 1.165) is 13.1 Å². The van der Waals surface area contributed by atoms with Crippen molar-refractivity contribution in [2.24, 2.45) is 11.7 Å². The molecule has 0 amide bonds. The van der Waals surface area contributed by atoms with Gasteiger partial charge in [0.15, 0.2) is 0 Å². The van der Waals surface area contributed by atoms with Crippen LogP contribution in [-0.2, 0) is 0 Å². The summed E-state index contributed by atoms with van der Waals surface area (Å²) in [7, 11) is 2.17. The first-order valence-electron chi connectivity index (χ1n) is 4.52. The van der Waals surface area contributed by atoms with Crippen molar-refractivity contribution in [3.8, 4) is 0 Å². The predicted molar refractivity (Wildman–Crippen MR) is 50.6 cm³/mol. The predicted octanol–water partition coefficient (Wildman–Crippen LogP) is 1.31. The molecule has 0 aromatic rings. The third kappa shape index (κ3) is 4.38. The summed E-state index contributed by atoms with van der Waals surface area (Å²) in [5.74, 6) is 0.619.